The minimum Gasteiger partial charge on any atom is -0.472 e. The second kappa shape index (κ2) is 10.4. The number of aryl methyl sites for hydroxylation is 1. The molecule has 8 nitrogen and oxygen atoms in total. The predicted molar refractivity (Wildman–Crippen MR) is 151 cm³/mol. The van der Waals surface area contributed by atoms with Crippen LogP contribution in [0.5, 0.6) is 5.88 Å². The molecule has 3 aromatic rings. The van der Waals surface area contributed by atoms with Gasteiger partial charge in [0, 0.05) is 18.0 Å². The molecule has 4 heterocycles. The summed E-state index contributed by atoms with van der Waals surface area (Å²) in [5.74, 6) is -0.115. The van der Waals surface area contributed by atoms with Gasteiger partial charge in [-0.1, -0.05) is 19.0 Å². The Morgan fingerprint density at radius 2 is 1.85 bits per heavy atom. The first kappa shape index (κ1) is 28.8. The van der Waals surface area contributed by atoms with E-state index in [4.69, 9.17) is 4.74 Å². The number of carbonyl (C=O) groups excluding carboxylic acids is 1. The topological polar surface area (TPSA) is 86.0 Å². The zero-order chi connectivity index (χ0) is 28.8. The molecule has 0 N–H and O–H groups in total. The average Bonchev–Trinajstić information content (AvgIpc) is 3.49. The van der Waals surface area contributed by atoms with Crippen molar-refractivity contribution in [3.05, 3.63) is 59.8 Å². The predicted octanol–water partition coefficient (Wildman–Crippen LogP) is 0.395. The first-order valence-corrected chi connectivity index (χ1v) is 13.1. The normalized spacial score (nSPS) is 22.6. The summed E-state index contributed by atoms with van der Waals surface area (Å²) < 4.78 is 45.4. The third-order valence-corrected chi connectivity index (χ3v) is 8.14. The number of likely N-dealkylation sites (tertiary alicyclic amines) is 1. The van der Waals surface area contributed by atoms with Crippen molar-refractivity contribution in [2.24, 2.45) is 5.92 Å². The van der Waals surface area contributed by atoms with Crippen LogP contribution >= 0.6 is 0 Å². The molecule has 1 amide bonds. The Balaban J connectivity index is 1.78. The molecule has 1 aliphatic rings. The van der Waals surface area contributed by atoms with Crippen LogP contribution in [0.3, 0.4) is 0 Å². The number of hydrogen-bond acceptors (Lipinski definition) is 6. The number of ether oxygens (including phenoxy) is 1. The van der Waals surface area contributed by atoms with E-state index in [1.54, 1.807) is 12.1 Å². The van der Waals surface area contributed by atoms with E-state index >= 15 is 0 Å². The van der Waals surface area contributed by atoms with Gasteiger partial charge in [-0.25, -0.2) is 9.97 Å². The number of halogens is 3. The molecule has 0 radical (unpaired) electrons. The highest BCUT2D eigenvalue weighted by Gasteiger charge is 2.57. The highest BCUT2D eigenvalue weighted by Crippen LogP contribution is 2.49. The molecular formula is C24H31B4F3N6O2. The minimum absolute atomic E-state index is 0.0781. The summed E-state index contributed by atoms with van der Waals surface area (Å²) in [6.45, 7) is 5.87. The highest BCUT2D eigenvalue weighted by molar-refractivity contribution is 6.62. The quantitative estimate of drug-likeness (QED) is 0.407. The van der Waals surface area contributed by atoms with Gasteiger partial charge in [-0.3, -0.25) is 4.79 Å². The molecule has 4 unspecified atom stereocenters. The lowest BCUT2D eigenvalue weighted by Crippen LogP contribution is -2.63. The van der Waals surface area contributed by atoms with Gasteiger partial charge < -0.3 is 9.64 Å². The maximum atomic E-state index is 14.6. The summed E-state index contributed by atoms with van der Waals surface area (Å²) in [7, 11) is 8.39. The maximum Gasteiger partial charge on any atom is 0.417 e. The van der Waals surface area contributed by atoms with Gasteiger partial charge in [0.15, 0.2) is 5.69 Å². The number of hydrogen-bond donors (Lipinski definition) is 0. The summed E-state index contributed by atoms with van der Waals surface area (Å²) in [6, 6.07) is 5.37. The van der Waals surface area contributed by atoms with Crippen molar-refractivity contribution in [3.63, 3.8) is 0 Å². The van der Waals surface area contributed by atoms with Crippen molar-refractivity contribution in [1.82, 2.24) is 29.9 Å². The van der Waals surface area contributed by atoms with Gasteiger partial charge in [-0.15, -0.1) is 4.80 Å². The number of carbonyl (C=O) groups is 1. The molecule has 202 valence electrons. The summed E-state index contributed by atoms with van der Waals surface area (Å²) in [5.41, 5.74) is -0.0846. The number of pyridine rings is 2. The SMILES string of the molecule is BC(B)(B)C1(B)C(C)CC(C(CC)Oc2ccc(C(F)(F)F)cn2)N1C(=O)c1nc(C)ccc1-n1nccn1. The van der Waals surface area contributed by atoms with Crippen molar-refractivity contribution >= 4 is 37.3 Å². The van der Waals surface area contributed by atoms with Crippen LogP contribution in [-0.2, 0) is 6.18 Å². The van der Waals surface area contributed by atoms with E-state index in [2.05, 4.69) is 58.5 Å². The summed E-state index contributed by atoms with van der Waals surface area (Å²) in [4.78, 5) is 26.4. The van der Waals surface area contributed by atoms with Crippen LogP contribution in [0.1, 0.15) is 48.4 Å². The Labute approximate surface area is 229 Å². The third kappa shape index (κ3) is 5.32. The van der Waals surface area contributed by atoms with Gasteiger partial charge in [0.05, 0.1) is 47.5 Å². The highest BCUT2D eigenvalue weighted by atomic mass is 19.4. The van der Waals surface area contributed by atoms with Crippen LogP contribution in [0.4, 0.5) is 13.2 Å². The van der Waals surface area contributed by atoms with E-state index in [1.165, 1.54) is 23.3 Å². The third-order valence-electron chi connectivity index (χ3n) is 8.14. The van der Waals surface area contributed by atoms with E-state index in [9.17, 15) is 18.0 Å². The zero-order valence-corrected chi connectivity index (χ0v) is 23.3. The Hall–Kier alpha value is -3.24. The molecular weight excluding hydrogens is 505 g/mol. The summed E-state index contributed by atoms with van der Waals surface area (Å²) >= 11 is 0. The molecule has 0 aromatic carbocycles. The molecule has 1 fully saturated rings. The number of alkyl halides is 3. The van der Waals surface area contributed by atoms with Crippen LogP contribution < -0.4 is 4.74 Å². The fraction of sp³-hybridized carbons (Fsp3) is 0.458. The standard InChI is InChI=1S/C24H31B4F3N6O2/c1-4-18(39-19-8-6-15(12-32-19)23(29,30)31)17-11-13(2)22(25,24(26,27)28)36(17)21(38)20-16(7-5-14(3)35-20)37-33-9-10-34-37/h5-10,12-13,17-18H,4,11,25-28H2,1-3H3. The van der Waals surface area contributed by atoms with Crippen LogP contribution in [-0.4, -0.2) is 84.7 Å². The Morgan fingerprint density at radius 3 is 2.38 bits per heavy atom. The molecule has 0 saturated carbocycles. The van der Waals surface area contributed by atoms with E-state index < -0.39 is 23.3 Å². The number of rotatable bonds is 7. The van der Waals surface area contributed by atoms with Crippen LogP contribution in [0.25, 0.3) is 5.69 Å². The van der Waals surface area contributed by atoms with Gasteiger partial charge in [0.1, 0.15) is 19.6 Å². The average molecular weight is 536 g/mol. The number of aromatic nitrogens is 5. The summed E-state index contributed by atoms with van der Waals surface area (Å²) in [6.07, 6.45) is -0.0182. The minimum atomic E-state index is -4.49. The molecule has 0 spiro atoms. The molecule has 4 atom stereocenters. The smallest absolute Gasteiger partial charge is 0.417 e. The fourth-order valence-electron chi connectivity index (χ4n) is 5.59. The van der Waals surface area contributed by atoms with Gasteiger partial charge in [-0.05, 0) is 49.3 Å². The van der Waals surface area contributed by atoms with Crippen molar-refractivity contribution in [2.75, 3.05) is 0 Å². The lowest BCUT2D eigenvalue weighted by molar-refractivity contribution is -0.137. The molecule has 0 bridgehead atoms. The van der Waals surface area contributed by atoms with E-state index in [0.29, 0.717) is 24.2 Å². The van der Waals surface area contributed by atoms with Crippen molar-refractivity contribution < 1.29 is 22.7 Å². The van der Waals surface area contributed by atoms with E-state index in [1.807, 2.05) is 18.7 Å². The molecule has 1 saturated heterocycles. The monoisotopic (exact) mass is 536 g/mol. The second-order valence-electron chi connectivity index (χ2n) is 11.4. The first-order valence-electron chi connectivity index (χ1n) is 13.1. The molecule has 3 aromatic heterocycles. The van der Waals surface area contributed by atoms with Crippen molar-refractivity contribution in [1.29, 1.82) is 0 Å². The first-order chi connectivity index (χ1) is 18.2. The van der Waals surface area contributed by atoms with Gasteiger partial charge in [-0.2, -0.15) is 23.4 Å². The molecule has 0 aliphatic carbocycles. The molecule has 39 heavy (non-hydrogen) atoms. The Morgan fingerprint density at radius 1 is 1.18 bits per heavy atom. The maximum absolute atomic E-state index is 14.6. The van der Waals surface area contributed by atoms with Crippen molar-refractivity contribution in [2.45, 2.75) is 62.5 Å². The number of amides is 1. The zero-order valence-electron chi connectivity index (χ0n) is 23.3. The molecule has 4 rings (SSSR count). The van der Waals surface area contributed by atoms with Gasteiger partial charge in [0.2, 0.25) is 5.88 Å². The van der Waals surface area contributed by atoms with Gasteiger partial charge in [0.25, 0.3) is 5.91 Å². The fourth-order valence-corrected chi connectivity index (χ4v) is 5.59. The van der Waals surface area contributed by atoms with E-state index in [0.717, 1.165) is 12.3 Å². The Kier molecular flexibility index (Phi) is 7.66. The van der Waals surface area contributed by atoms with Crippen LogP contribution in [0.2, 0.25) is 5.11 Å². The van der Waals surface area contributed by atoms with Crippen molar-refractivity contribution in [3.8, 4) is 11.6 Å². The van der Waals surface area contributed by atoms with Gasteiger partial charge >= 0.3 is 6.18 Å². The second-order valence-corrected chi connectivity index (χ2v) is 11.4. The Bertz CT molecular complexity index is 1320. The number of nitrogens with zero attached hydrogens (tertiary/aromatic N) is 6. The molecule has 1 aliphatic heterocycles. The lowest BCUT2D eigenvalue weighted by atomic mass is 9.29. The largest absolute Gasteiger partial charge is 0.472 e. The summed E-state index contributed by atoms with van der Waals surface area (Å²) in [5, 5.41) is 8.11. The van der Waals surface area contributed by atoms with Crippen LogP contribution in [0, 0.1) is 12.8 Å². The molecule has 15 heteroatoms. The van der Waals surface area contributed by atoms with Crippen LogP contribution in [0.15, 0.2) is 42.9 Å². The van der Waals surface area contributed by atoms with E-state index in [-0.39, 0.29) is 34.6 Å². The lowest BCUT2D eigenvalue weighted by Gasteiger charge is -2.51.